The summed E-state index contributed by atoms with van der Waals surface area (Å²) < 4.78 is 5.56. The second-order valence-corrected chi connectivity index (χ2v) is 4.38. The Balaban J connectivity index is 2.12. The first kappa shape index (κ1) is 9.62. The molecule has 1 aliphatic heterocycles. The molecule has 0 amide bonds. The minimum Gasteiger partial charge on any atom is -0.378 e. The van der Waals surface area contributed by atoms with Gasteiger partial charge in [-0.1, -0.05) is 6.07 Å². The molecule has 3 nitrogen and oxygen atoms in total. The first-order chi connectivity index (χ1) is 6.67. The molecule has 0 aromatic carbocycles. The van der Waals surface area contributed by atoms with E-state index >= 15 is 0 Å². The Labute approximate surface area is 84.5 Å². The smallest absolute Gasteiger partial charge is 0.0663 e. The van der Waals surface area contributed by atoms with Gasteiger partial charge in [0.15, 0.2) is 0 Å². The van der Waals surface area contributed by atoms with E-state index in [1.165, 1.54) is 5.56 Å². The Morgan fingerprint density at radius 3 is 3.07 bits per heavy atom. The first-order valence-corrected chi connectivity index (χ1v) is 4.93. The largest absolute Gasteiger partial charge is 0.378 e. The van der Waals surface area contributed by atoms with E-state index in [2.05, 4.69) is 30.2 Å². The van der Waals surface area contributed by atoms with Crippen LogP contribution >= 0.6 is 0 Å². The van der Waals surface area contributed by atoms with Gasteiger partial charge in [-0.3, -0.25) is 4.98 Å². The van der Waals surface area contributed by atoms with Crippen LogP contribution in [0.15, 0.2) is 24.5 Å². The number of rotatable bonds is 1. The van der Waals surface area contributed by atoms with Gasteiger partial charge < -0.3 is 10.1 Å². The minimum atomic E-state index is 0.0543. The Morgan fingerprint density at radius 2 is 2.43 bits per heavy atom. The molecule has 1 aromatic rings. The highest BCUT2D eigenvalue weighted by atomic mass is 16.5. The van der Waals surface area contributed by atoms with Crippen molar-refractivity contribution in [3.63, 3.8) is 0 Å². The van der Waals surface area contributed by atoms with Crippen molar-refractivity contribution in [2.75, 3.05) is 13.2 Å². The zero-order chi connectivity index (χ0) is 10.0. The Morgan fingerprint density at radius 1 is 1.57 bits per heavy atom. The summed E-state index contributed by atoms with van der Waals surface area (Å²) in [6.45, 7) is 5.80. The van der Waals surface area contributed by atoms with E-state index in [0.29, 0.717) is 0 Å². The maximum absolute atomic E-state index is 5.56. The topological polar surface area (TPSA) is 34.1 Å². The molecule has 3 heteroatoms. The summed E-state index contributed by atoms with van der Waals surface area (Å²) in [6, 6.07) is 4.31. The molecule has 14 heavy (non-hydrogen) atoms. The fourth-order valence-electron chi connectivity index (χ4n) is 1.75. The van der Waals surface area contributed by atoms with E-state index in [1.807, 2.05) is 12.3 Å². The van der Waals surface area contributed by atoms with E-state index in [1.54, 1.807) is 6.20 Å². The van der Waals surface area contributed by atoms with Gasteiger partial charge in [-0.2, -0.15) is 0 Å². The summed E-state index contributed by atoms with van der Waals surface area (Å²) in [5.41, 5.74) is 1.25. The third-order valence-corrected chi connectivity index (χ3v) is 2.40. The second-order valence-electron chi connectivity index (χ2n) is 4.38. The highest BCUT2D eigenvalue weighted by molar-refractivity contribution is 5.15. The van der Waals surface area contributed by atoms with Gasteiger partial charge in [0, 0.05) is 17.9 Å². The molecule has 1 atom stereocenters. The Hall–Kier alpha value is -0.930. The van der Waals surface area contributed by atoms with Crippen LogP contribution in [-0.2, 0) is 4.74 Å². The van der Waals surface area contributed by atoms with Crippen LogP contribution in [0.1, 0.15) is 25.5 Å². The summed E-state index contributed by atoms with van der Waals surface area (Å²) in [4.78, 5) is 4.11. The van der Waals surface area contributed by atoms with Crippen LogP contribution in [0.5, 0.6) is 0 Å². The number of nitrogens with zero attached hydrogens (tertiary/aromatic N) is 1. The number of morpholine rings is 1. The van der Waals surface area contributed by atoms with Gasteiger partial charge in [0.05, 0.1) is 19.3 Å². The SMILES string of the molecule is CC1(C)COCC(c2cccnc2)N1. The van der Waals surface area contributed by atoms with Gasteiger partial charge in [0.2, 0.25) is 0 Å². The van der Waals surface area contributed by atoms with Crippen LogP contribution in [0.3, 0.4) is 0 Å². The number of ether oxygens (including phenoxy) is 1. The average molecular weight is 192 g/mol. The van der Waals surface area contributed by atoms with Gasteiger partial charge in [0.25, 0.3) is 0 Å². The molecule has 76 valence electrons. The van der Waals surface area contributed by atoms with Crippen LogP contribution in [0.25, 0.3) is 0 Å². The molecule has 0 saturated carbocycles. The van der Waals surface area contributed by atoms with Crippen LogP contribution in [0.4, 0.5) is 0 Å². The monoisotopic (exact) mass is 192 g/mol. The quantitative estimate of drug-likeness (QED) is 0.732. The lowest BCUT2D eigenvalue weighted by molar-refractivity contribution is 0.0126. The average Bonchev–Trinajstić information content (AvgIpc) is 2.18. The number of aromatic nitrogens is 1. The molecule has 2 rings (SSSR count). The predicted molar refractivity (Wildman–Crippen MR) is 55.0 cm³/mol. The van der Waals surface area contributed by atoms with Crippen molar-refractivity contribution >= 4 is 0 Å². The van der Waals surface area contributed by atoms with Crippen LogP contribution in [0, 0.1) is 0 Å². The second kappa shape index (κ2) is 3.67. The summed E-state index contributed by atoms with van der Waals surface area (Å²) >= 11 is 0. The molecular weight excluding hydrogens is 176 g/mol. The molecule has 2 heterocycles. The summed E-state index contributed by atoms with van der Waals surface area (Å²) in [7, 11) is 0. The van der Waals surface area contributed by atoms with Crippen molar-refractivity contribution in [2.24, 2.45) is 0 Å². The predicted octanol–water partition coefficient (Wildman–Crippen LogP) is 1.52. The normalized spacial score (nSPS) is 26.0. The van der Waals surface area contributed by atoms with Crippen molar-refractivity contribution in [1.29, 1.82) is 0 Å². The zero-order valence-electron chi connectivity index (χ0n) is 8.66. The minimum absolute atomic E-state index is 0.0543. The van der Waals surface area contributed by atoms with Gasteiger partial charge >= 0.3 is 0 Å². The van der Waals surface area contributed by atoms with E-state index < -0.39 is 0 Å². The lowest BCUT2D eigenvalue weighted by Gasteiger charge is -2.37. The van der Waals surface area contributed by atoms with E-state index in [4.69, 9.17) is 4.74 Å². The van der Waals surface area contributed by atoms with E-state index in [-0.39, 0.29) is 11.6 Å². The van der Waals surface area contributed by atoms with Gasteiger partial charge in [-0.05, 0) is 25.5 Å². The van der Waals surface area contributed by atoms with Crippen LogP contribution in [0.2, 0.25) is 0 Å². The standard InChI is InChI=1S/C11H16N2O/c1-11(2)8-14-7-10(13-11)9-4-3-5-12-6-9/h3-6,10,13H,7-8H2,1-2H3. The van der Waals surface area contributed by atoms with E-state index in [0.717, 1.165) is 13.2 Å². The summed E-state index contributed by atoms with van der Waals surface area (Å²) in [5.74, 6) is 0. The van der Waals surface area contributed by atoms with Gasteiger partial charge in [0.1, 0.15) is 0 Å². The number of hydrogen-bond donors (Lipinski definition) is 1. The van der Waals surface area contributed by atoms with E-state index in [9.17, 15) is 0 Å². The summed E-state index contributed by atoms with van der Waals surface area (Å²) in [5, 5.41) is 3.54. The highest BCUT2D eigenvalue weighted by Crippen LogP contribution is 2.21. The highest BCUT2D eigenvalue weighted by Gasteiger charge is 2.28. The fourth-order valence-corrected chi connectivity index (χ4v) is 1.75. The lowest BCUT2D eigenvalue weighted by atomic mass is 10.00. The van der Waals surface area contributed by atoms with Crippen molar-refractivity contribution < 1.29 is 4.74 Å². The molecule has 0 aliphatic carbocycles. The molecule has 0 spiro atoms. The fraction of sp³-hybridized carbons (Fsp3) is 0.545. The maximum atomic E-state index is 5.56. The Kier molecular flexibility index (Phi) is 2.52. The Bertz CT molecular complexity index is 297. The number of hydrogen-bond acceptors (Lipinski definition) is 3. The molecule has 1 fully saturated rings. The first-order valence-electron chi connectivity index (χ1n) is 4.93. The van der Waals surface area contributed by atoms with Crippen molar-refractivity contribution in [3.05, 3.63) is 30.1 Å². The van der Waals surface area contributed by atoms with Crippen LogP contribution < -0.4 is 5.32 Å². The molecule has 1 saturated heterocycles. The number of pyridine rings is 1. The van der Waals surface area contributed by atoms with Crippen molar-refractivity contribution in [3.8, 4) is 0 Å². The molecule has 1 N–H and O–H groups in total. The molecular formula is C11H16N2O. The van der Waals surface area contributed by atoms with Crippen molar-refractivity contribution in [1.82, 2.24) is 10.3 Å². The van der Waals surface area contributed by atoms with Gasteiger partial charge in [-0.25, -0.2) is 0 Å². The summed E-state index contributed by atoms with van der Waals surface area (Å²) in [6.07, 6.45) is 3.68. The lowest BCUT2D eigenvalue weighted by Crippen LogP contribution is -2.51. The molecule has 1 aliphatic rings. The molecule has 1 unspecified atom stereocenters. The number of nitrogens with one attached hydrogen (secondary N) is 1. The third kappa shape index (κ3) is 2.11. The molecule has 0 radical (unpaired) electrons. The molecule has 0 bridgehead atoms. The third-order valence-electron chi connectivity index (χ3n) is 2.40. The van der Waals surface area contributed by atoms with Gasteiger partial charge in [-0.15, -0.1) is 0 Å². The van der Waals surface area contributed by atoms with Crippen molar-refractivity contribution in [2.45, 2.75) is 25.4 Å². The zero-order valence-corrected chi connectivity index (χ0v) is 8.66. The molecule has 1 aromatic heterocycles. The maximum Gasteiger partial charge on any atom is 0.0663 e. The van der Waals surface area contributed by atoms with Crippen LogP contribution in [-0.4, -0.2) is 23.7 Å².